The van der Waals surface area contributed by atoms with E-state index in [0.29, 0.717) is 0 Å². The summed E-state index contributed by atoms with van der Waals surface area (Å²) in [5.74, 6) is -0.376. The van der Waals surface area contributed by atoms with Gasteiger partial charge < -0.3 is 5.32 Å². The second-order valence-corrected chi connectivity index (χ2v) is 6.11. The molecule has 1 heterocycles. The first kappa shape index (κ1) is 16.2. The van der Waals surface area contributed by atoms with Gasteiger partial charge in [0.05, 0.1) is 5.56 Å². The summed E-state index contributed by atoms with van der Waals surface area (Å²) in [6.07, 6.45) is -2.99. The van der Waals surface area contributed by atoms with Crippen molar-refractivity contribution >= 4 is 50.2 Å². The zero-order valence-corrected chi connectivity index (χ0v) is 14.0. The molecule has 0 saturated heterocycles. The smallest absolute Gasteiger partial charge is 0.307 e. The van der Waals surface area contributed by atoms with Crippen molar-refractivity contribution < 1.29 is 18.0 Å². The average molecular weight is 471 g/mol. The van der Waals surface area contributed by atoms with Crippen molar-refractivity contribution in [1.29, 1.82) is 0 Å². The van der Waals surface area contributed by atoms with Gasteiger partial charge in [0, 0.05) is 19.8 Å². The number of pyridine rings is 1. The molecule has 3 nitrogen and oxygen atoms in total. The van der Waals surface area contributed by atoms with E-state index in [-0.39, 0.29) is 15.9 Å². The Kier molecular flexibility index (Phi) is 4.87. The third kappa shape index (κ3) is 4.16. The van der Waals surface area contributed by atoms with E-state index in [1.807, 2.05) is 0 Å². The zero-order valence-electron chi connectivity index (χ0n) is 10.2. The van der Waals surface area contributed by atoms with Crippen molar-refractivity contribution in [2.24, 2.45) is 0 Å². The molecule has 0 radical (unpaired) electrons. The van der Waals surface area contributed by atoms with Crippen LogP contribution in [0.25, 0.3) is 0 Å². The first-order valence-corrected chi connectivity index (χ1v) is 7.44. The van der Waals surface area contributed by atoms with Gasteiger partial charge in [0.15, 0.2) is 0 Å². The average Bonchev–Trinajstić information content (AvgIpc) is 2.40. The summed E-state index contributed by atoms with van der Waals surface area (Å²) in [7, 11) is 0. The molecule has 0 aliphatic carbocycles. The van der Waals surface area contributed by atoms with Crippen molar-refractivity contribution in [2.75, 3.05) is 5.32 Å². The molecule has 8 heteroatoms. The highest BCUT2D eigenvalue weighted by Gasteiger charge is 2.33. The predicted octanol–water partition coefficient (Wildman–Crippen LogP) is 4.72. The number of halogens is 5. The van der Waals surface area contributed by atoms with E-state index < -0.39 is 17.6 Å². The minimum Gasteiger partial charge on any atom is -0.307 e. The number of nitrogens with one attached hydrogen (secondary N) is 1. The monoisotopic (exact) mass is 470 g/mol. The lowest BCUT2D eigenvalue weighted by Crippen LogP contribution is -2.15. The van der Waals surface area contributed by atoms with E-state index >= 15 is 0 Å². The number of benzene rings is 1. The van der Waals surface area contributed by atoms with Crippen molar-refractivity contribution in [3.8, 4) is 0 Å². The van der Waals surface area contributed by atoms with Gasteiger partial charge in [-0.15, -0.1) is 0 Å². The summed E-state index contributed by atoms with van der Waals surface area (Å²) in [5.41, 5.74) is -0.989. The highest BCUT2D eigenvalue weighted by molar-refractivity contribution is 14.1. The number of alkyl halides is 3. The number of aromatic nitrogens is 1. The molecule has 0 atom stereocenters. The predicted molar refractivity (Wildman–Crippen MR) is 84.1 cm³/mol. The van der Waals surface area contributed by atoms with E-state index in [9.17, 15) is 18.0 Å². The van der Waals surface area contributed by atoms with E-state index in [2.05, 4.69) is 48.8 Å². The Bertz CT molecular complexity index is 674. The first-order chi connectivity index (χ1) is 9.77. The Morgan fingerprint density at radius 2 is 1.95 bits per heavy atom. The Labute approximate surface area is 140 Å². The van der Waals surface area contributed by atoms with Gasteiger partial charge >= 0.3 is 6.18 Å². The van der Waals surface area contributed by atoms with Crippen LogP contribution in [-0.4, -0.2) is 10.9 Å². The molecule has 2 aromatic rings. The fourth-order valence-electron chi connectivity index (χ4n) is 1.52. The Morgan fingerprint density at radius 3 is 2.52 bits per heavy atom. The fraction of sp³-hybridized carbons (Fsp3) is 0.0769. The summed E-state index contributed by atoms with van der Waals surface area (Å²) in [4.78, 5) is 15.9. The molecule has 0 unspecified atom stereocenters. The minimum atomic E-state index is -4.53. The number of anilines is 1. The molecular weight excluding hydrogens is 464 g/mol. The summed E-state index contributed by atoms with van der Waals surface area (Å²) in [6, 6.07) is 6.60. The van der Waals surface area contributed by atoms with Crippen LogP contribution in [0.4, 0.5) is 19.0 Å². The lowest BCUT2D eigenvalue weighted by molar-refractivity contribution is -0.138. The normalized spacial score (nSPS) is 11.3. The van der Waals surface area contributed by atoms with E-state index in [0.717, 1.165) is 9.64 Å². The lowest BCUT2D eigenvalue weighted by Gasteiger charge is -2.11. The molecule has 1 aromatic carbocycles. The maximum atomic E-state index is 12.8. The number of nitrogens with zero attached hydrogens (tertiary/aromatic N) is 1. The molecule has 0 bridgehead atoms. The molecule has 0 saturated carbocycles. The highest BCUT2D eigenvalue weighted by atomic mass is 127. The van der Waals surface area contributed by atoms with Crippen molar-refractivity contribution in [3.63, 3.8) is 0 Å². The fourth-order valence-corrected chi connectivity index (χ4v) is 2.31. The maximum absolute atomic E-state index is 12.8. The van der Waals surface area contributed by atoms with Crippen LogP contribution in [0, 0.1) is 3.57 Å². The van der Waals surface area contributed by atoms with Crippen LogP contribution in [-0.2, 0) is 6.18 Å². The third-order valence-electron chi connectivity index (χ3n) is 2.50. The molecule has 21 heavy (non-hydrogen) atoms. The van der Waals surface area contributed by atoms with Gasteiger partial charge in [-0.05, 0) is 52.9 Å². The molecule has 0 aliphatic rings. The van der Waals surface area contributed by atoms with E-state index in [4.69, 9.17) is 0 Å². The summed E-state index contributed by atoms with van der Waals surface area (Å²) >= 11 is 4.88. The molecule has 0 spiro atoms. The Morgan fingerprint density at radius 1 is 1.24 bits per heavy atom. The van der Waals surface area contributed by atoms with Crippen LogP contribution in [0.5, 0.6) is 0 Å². The van der Waals surface area contributed by atoms with Crippen LogP contribution in [0.2, 0.25) is 0 Å². The maximum Gasteiger partial charge on any atom is 0.417 e. The van der Waals surface area contributed by atoms with Gasteiger partial charge in [-0.1, -0.05) is 15.9 Å². The second-order valence-electron chi connectivity index (χ2n) is 4.01. The second kappa shape index (κ2) is 6.30. The summed E-state index contributed by atoms with van der Waals surface area (Å²) in [6.45, 7) is 0. The number of hydrogen-bond acceptors (Lipinski definition) is 2. The quantitative estimate of drug-likeness (QED) is 0.645. The molecule has 1 amide bonds. The molecule has 110 valence electrons. The van der Waals surface area contributed by atoms with E-state index in [1.54, 1.807) is 18.3 Å². The minimum absolute atomic E-state index is 0.0918. The largest absolute Gasteiger partial charge is 0.417 e. The SMILES string of the molecule is O=C(Nc1ccc(I)cn1)c1ccc(Br)c(C(F)(F)F)c1. The number of hydrogen-bond donors (Lipinski definition) is 1. The third-order valence-corrected chi connectivity index (χ3v) is 3.83. The van der Waals surface area contributed by atoms with Crippen molar-refractivity contribution in [2.45, 2.75) is 6.18 Å². The van der Waals surface area contributed by atoms with Crippen LogP contribution in [0.15, 0.2) is 41.0 Å². The zero-order chi connectivity index (χ0) is 15.6. The van der Waals surface area contributed by atoms with Gasteiger partial charge in [0.25, 0.3) is 5.91 Å². The van der Waals surface area contributed by atoms with Gasteiger partial charge in [0.1, 0.15) is 5.82 Å². The highest BCUT2D eigenvalue weighted by Crippen LogP contribution is 2.35. The number of carbonyl (C=O) groups is 1. The van der Waals surface area contributed by atoms with Gasteiger partial charge in [0.2, 0.25) is 0 Å². The molecule has 2 rings (SSSR count). The topological polar surface area (TPSA) is 42.0 Å². The van der Waals surface area contributed by atoms with Gasteiger partial charge in [-0.25, -0.2) is 4.98 Å². The Hall–Kier alpha value is -1.16. The lowest BCUT2D eigenvalue weighted by atomic mass is 10.1. The van der Waals surface area contributed by atoms with E-state index in [1.165, 1.54) is 12.1 Å². The van der Waals surface area contributed by atoms with Crippen LogP contribution in [0.1, 0.15) is 15.9 Å². The number of amides is 1. The number of carbonyl (C=O) groups excluding carboxylic acids is 1. The van der Waals surface area contributed by atoms with Crippen molar-refractivity contribution in [3.05, 3.63) is 55.7 Å². The summed E-state index contributed by atoms with van der Waals surface area (Å²) < 4.78 is 39.1. The summed E-state index contributed by atoms with van der Waals surface area (Å²) in [5, 5.41) is 2.45. The molecule has 1 N–H and O–H groups in total. The first-order valence-electron chi connectivity index (χ1n) is 5.57. The van der Waals surface area contributed by atoms with Crippen LogP contribution in [0.3, 0.4) is 0 Å². The Balaban J connectivity index is 2.25. The van der Waals surface area contributed by atoms with Crippen molar-refractivity contribution in [1.82, 2.24) is 4.98 Å². The molecule has 1 aromatic heterocycles. The number of rotatable bonds is 2. The molecule has 0 fully saturated rings. The standard InChI is InChI=1S/C13H7BrF3IN2O/c14-10-3-1-7(5-9(10)13(15,16)17)12(21)20-11-4-2-8(18)6-19-11/h1-6H,(H,19,20,21). The van der Waals surface area contributed by atoms with Gasteiger partial charge in [-0.3, -0.25) is 4.79 Å². The van der Waals surface area contributed by atoms with Crippen LogP contribution >= 0.6 is 38.5 Å². The molecular formula is C13H7BrF3IN2O. The van der Waals surface area contributed by atoms with Gasteiger partial charge in [-0.2, -0.15) is 13.2 Å². The van der Waals surface area contributed by atoms with Crippen LogP contribution < -0.4 is 5.32 Å². The molecule has 0 aliphatic heterocycles.